The smallest absolute Gasteiger partial charge is 0.123 e. The quantitative estimate of drug-likeness (QED) is 0.290. The lowest BCUT2D eigenvalue weighted by Gasteiger charge is -2.41. The van der Waals surface area contributed by atoms with Gasteiger partial charge in [0.2, 0.25) is 0 Å². The topological polar surface area (TPSA) is 38.7 Å². The van der Waals surface area contributed by atoms with Crippen molar-refractivity contribution < 1.29 is 19.0 Å². The Bertz CT molecular complexity index is 1450. The normalized spacial score (nSPS) is 31.3. The van der Waals surface area contributed by atoms with Crippen LogP contribution in [0.2, 0.25) is 0 Å². The Balaban J connectivity index is 1.10. The van der Waals surface area contributed by atoms with Crippen molar-refractivity contribution in [1.82, 2.24) is 0 Å². The number of rotatable bonds is 8. The zero-order valence-electron chi connectivity index (χ0n) is 25.1. The molecule has 3 aromatic rings. The van der Waals surface area contributed by atoms with Crippen LogP contribution in [0.3, 0.4) is 0 Å². The van der Waals surface area contributed by atoms with Crippen molar-refractivity contribution in [2.75, 3.05) is 6.61 Å². The SMILES string of the molecule is CC1C=C(OC2CC3CC(CO)CC3C2)C=CC1[C@@H]1c2ccc(OCc3ccccc3)cc2CC[C@@H]1c1ccc(F)cc1. The van der Waals surface area contributed by atoms with Gasteiger partial charge in [0.25, 0.3) is 0 Å². The number of allylic oxidation sites excluding steroid dienone is 3. The number of halogens is 1. The summed E-state index contributed by atoms with van der Waals surface area (Å²) in [5.74, 6) is 4.85. The minimum Gasteiger partial charge on any atom is -0.491 e. The average Bonchev–Trinajstić information content (AvgIpc) is 3.59. The minimum absolute atomic E-state index is 0.185. The molecule has 0 spiro atoms. The summed E-state index contributed by atoms with van der Waals surface area (Å²) < 4.78 is 26.7. The van der Waals surface area contributed by atoms with Crippen LogP contribution in [0.4, 0.5) is 4.39 Å². The van der Waals surface area contributed by atoms with E-state index in [0.29, 0.717) is 48.7 Å². The first-order valence-electron chi connectivity index (χ1n) is 16.3. The maximum absolute atomic E-state index is 13.9. The van der Waals surface area contributed by atoms with E-state index in [-0.39, 0.29) is 17.8 Å². The van der Waals surface area contributed by atoms with Crippen molar-refractivity contribution >= 4 is 0 Å². The molecule has 0 amide bonds. The van der Waals surface area contributed by atoms with Gasteiger partial charge in [-0.25, -0.2) is 4.39 Å². The predicted molar refractivity (Wildman–Crippen MR) is 168 cm³/mol. The lowest BCUT2D eigenvalue weighted by molar-refractivity contribution is 0.114. The van der Waals surface area contributed by atoms with Crippen LogP contribution in [0, 0.1) is 35.4 Å². The molecule has 4 unspecified atom stereocenters. The lowest BCUT2D eigenvalue weighted by atomic mass is 9.63. The van der Waals surface area contributed by atoms with Crippen molar-refractivity contribution in [3.8, 4) is 5.75 Å². The van der Waals surface area contributed by atoms with E-state index in [2.05, 4.69) is 55.5 Å². The maximum atomic E-state index is 13.9. The number of aryl methyl sites for hydroxylation is 1. The van der Waals surface area contributed by atoms with E-state index in [4.69, 9.17) is 9.47 Å². The third-order valence-electron chi connectivity index (χ3n) is 10.7. The summed E-state index contributed by atoms with van der Waals surface area (Å²) >= 11 is 0. The second-order valence-electron chi connectivity index (χ2n) is 13.5. The Kier molecular flexibility index (Phi) is 8.14. The molecule has 3 aromatic carbocycles. The molecule has 0 heterocycles. The first-order chi connectivity index (χ1) is 21.0. The van der Waals surface area contributed by atoms with Gasteiger partial charge in [-0.15, -0.1) is 0 Å². The summed E-state index contributed by atoms with van der Waals surface area (Å²) in [6.07, 6.45) is 13.7. The Hall–Kier alpha value is -3.37. The third kappa shape index (κ3) is 6.04. The van der Waals surface area contributed by atoms with Gasteiger partial charge in [-0.1, -0.05) is 61.5 Å². The number of hydrogen-bond acceptors (Lipinski definition) is 3. The Morgan fingerprint density at radius 2 is 1.67 bits per heavy atom. The molecule has 3 nitrogen and oxygen atoms in total. The number of aliphatic hydroxyl groups is 1. The van der Waals surface area contributed by atoms with Gasteiger partial charge < -0.3 is 14.6 Å². The zero-order valence-corrected chi connectivity index (χ0v) is 25.1. The van der Waals surface area contributed by atoms with Crippen LogP contribution in [-0.2, 0) is 17.8 Å². The molecule has 4 aliphatic carbocycles. The van der Waals surface area contributed by atoms with Gasteiger partial charge in [0.1, 0.15) is 23.9 Å². The van der Waals surface area contributed by atoms with E-state index in [1.165, 1.54) is 16.7 Å². The number of ether oxygens (including phenoxy) is 2. The number of benzene rings is 3. The highest BCUT2D eigenvalue weighted by Gasteiger charge is 2.43. The van der Waals surface area contributed by atoms with E-state index in [9.17, 15) is 9.50 Å². The highest BCUT2D eigenvalue weighted by molar-refractivity contribution is 5.44. The highest BCUT2D eigenvalue weighted by Crippen LogP contribution is 2.52. The van der Waals surface area contributed by atoms with Gasteiger partial charge in [-0.2, -0.15) is 0 Å². The monoisotopic (exact) mass is 578 g/mol. The van der Waals surface area contributed by atoms with Crippen molar-refractivity contribution in [3.63, 3.8) is 0 Å². The van der Waals surface area contributed by atoms with Gasteiger partial charge in [0.15, 0.2) is 0 Å². The Morgan fingerprint density at radius 3 is 2.40 bits per heavy atom. The van der Waals surface area contributed by atoms with Gasteiger partial charge in [-0.3, -0.25) is 0 Å². The van der Waals surface area contributed by atoms with Gasteiger partial charge in [-0.05, 0) is 139 Å². The molecule has 4 aliphatic rings. The molecule has 0 bridgehead atoms. The van der Waals surface area contributed by atoms with Crippen LogP contribution >= 0.6 is 0 Å². The summed E-state index contributed by atoms with van der Waals surface area (Å²) in [6.45, 7) is 3.21. The van der Waals surface area contributed by atoms with E-state index in [0.717, 1.165) is 55.6 Å². The second-order valence-corrected chi connectivity index (χ2v) is 13.5. The van der Waals surface area contributed by atoms with Gasteiger partial charge >= 0.3 is 0 Å². The van der Waals surface area contributed by atoms with Crippen molar-refractivity contribution in [3.05, 3.63) is 125 Å². The molecular weight excluding hydrogens is 535 g/mol. The van der Waals surface area contributed by atoms with E-state index >= 15 is 0 Å². The van der Waals surface area contributed by atoms with Crippen LogP contribution in [0.1, 0.15) is 73.1 Å². The first-order valence-corrected chi connectivity index (χ1v) is 16.3. The highest BCUT2D eigenvalue weighted by atomic mass is 19.1. The van der Waals surface area contributed by atoms with E-state index in [1.807, 2.05) is 30.3 Å². The molecule has 7 rings (SSSR count). The summed E-state index contributed by atoms with van der Waals surface area (Å²) in [5.41, 5.74) is 5.12. The molecule has 2 saturated carbocycles. The molecule has 224 valence electrons. The van der Waals surface area contributed by atoms with Crippen molar-refractivity contribution in [1.29, 1.82) is 0 Å². The number of hydrogen-bond donors (Lipinski definition) is 1. The number of fused-ring (bicyclic) bond motifs is 2. The molecule has 0 aliphatic heterocycles. The molecule has 0 aromatic heterocycles. The standard InChI is InChI=1S/C39H43FO3/c1-25-17-34(43-35-21-30-18-27(23-41)19-31(30)22-35)13-15-36(25)39-37(28-7-10-32(40)11-8-28)14-9-29-20-33(12-16-38(29)39)42-24-26-5-3-2-4-6-26/h2-8,10-13,15-17,20,25,27,30-31,35-37,39,41H,9,14,18-19,21-24H2,1H3/t25?,27?,30?,31?,35?,36?,37-,39+/m1/s1. The van der Waals surface area contributed by atoms with Crippen LogP contribution in [0.5, 0.6) is 5.75 Å². The Morgan fingerprint density at radius 1 is 0.907 bits per heavy atom. The van der Waals surface area contributed by atoms with Gasteiger partial charge in [0, 0.05) is 6.61 Å². The molecule has 0 saturated heterocycles. The van der Waals surface area contributed by atoms with Crippen molar-refractivity contribution in [2.24, 2.45) is 29.6 Å². The molecule has 2 fully saturated rings. The fourth-order valence-electron chi connectivity index (χ4n) is 8.68. The van der Waals surface area contributed by atoms with Crippen LogP contribution < -0.4 is 4.74 Å². The van der Waals surface area contributed by atoms with E-state index in [1.54, 1.807) is 12.1 Å². The molecule has 4 heteroatoms. The first kappa shape index (κ1) is 28.4. The summed E-state index contributed by atoms with van der Waals surface area (Å²) in [5, 5.41) is 9.58. The van der Waals surface area contributed by atoms with Crippen LogP contribution in [-0.4, -0.2) is 17.8 Å². The second kappa shape index (κ2) is 12.3. The van der Waals surface area contributed by atoms with Crippen molar-refractivity contribution in [2.45, 2.75) is 70.0 Å². The summed E-state index contributed by atoms with van der Waals surface area (Å²) in [6, 6.07) is 24.1. The van der Waals surface area contributed by atoms with E-state index < -0.39 is 0 Å². The molecular formula is C39H43FO3. The predicted octanol–water partition coefficient (Wildman–Crippen LogP) is 8.74. The largest absolute Gasteiger partial charge is 0.491 e. The third-order valence-corrected chi connectivity index (χ3v) is 10.7. The average molecular weight is 579 g/mol. The zero-order chi connectivity index (χ0) is 29.3. The van der Waals surface area contributed by atoms with Crippen LogP contribution in [0.15, 0.2) is 96.8 Å². The maximum Gasteiger partial charge on any atom is 0.123 e. The lowest BCUT2D eigenvalue weighted by Crippen LogP contribution is -2.29. The molecule has 1 N–H and O–H groups in total. The van der Waals surface area contributed by atoms with Gasteiger partial charge in [0.05, 0.1) is 6.10 Å². The number of aliphatic hydroxyl groups excluding tert-OH is 1. The minimum atomic E-state index is -0.185. The summed E-state index contributed by atoms with van der Waals surface area (Å²) in [7, 11) is 0. The Labute approximate surface area is 255 Å². The molecule has 0 radical (unpaired) electrons. The fourth-order valence-corrected chi connectivity index (χ4v) is 8.68. The fraction of sp³-hybridized carbons (Fsp3) is 0.436. The molecule has 6 atom stereocenters. The molecule has 43 heavy (non-hydrogen) atoms. The summed E-state index contributed by atoms with van der Waals surface area (Å²) in [4.78, 5) is 0. The van der Waals surface area contributed by atoms with Crippen LogP contribution in [0.25, 0.3) is 0 Å².